The highest BCUT2D eigenvalue weighted by Gasteiger charge is 2.44. The Labute approximate surface area is 226 Å². The highest BCUT2D eigenvalue weighted by atomic mass is 31.2. The van der Waals surface area contributed by atoms with E-state index in [0.717, 1.165) is 0 Å². The van der Waals surface area contributed by atoms with Crippen LogP contribution in [0.1, 0.15) is 0 Å². The third-order valence-electron chi connectivity index (χ3n) is 5.63. The van der Waals surface area contributed by atoms with Crippen LogP contribution in [0.4, 0.5) is 0 Å². The van der Waals surface area contributed by atoms with Gasteiger partial charge in [0.05, 0.1) is 0 Å². The van der Waals surface area contributed by atoms with E-state index in [9.17, 15) is 5.11 Å². The van der Waals surface area contributed by atoms with Gasteiger partial charge in [-0.2, -0.15) is 24.1 Å². The van der Waals surface area contributed by atoms with Crippen molar-refractivity contribution in [2.75, 3.05) is 127 Å². The van der Waals surface area contributed by atoms with Crippen LogP contribution >= 0.6 is 32.4 Å². The first kappa shape index (κ1) is 38.9. The molecule has 0 spiro atoms. The SMILES string of the molecule is CN(C)P(=NC(O)(N=P(N(C)C)(N(C)C)N(C)C)N=P(N(C)C)(N(C)C)N(C)C)(N(C)C)N(C)C.P. The molecular formula is C19H58N12OP4. The van der Waals surface area contributed by atoms with E-state index < -0.39 is 28.5 Å². The van der Waals surface area contributed by atoms with Gasteiger partial charge in [0.15, 0.2) is 22.5 Å². The zero-order valence-electron chi connectivity index (χ0n) is 26.4. The lowest BCUT2D eigenvalue weighted by atomic mass is 10.9. The Bertz CT molecular complexity index is 660. The molecule has 0 rings (SSSR count). The van der Waals surface area contributed by atoms with Crippen molar-refractivity contribution < 1.29 is 5.11 Å². The Kier molecular flexibility index (Phi) is 15.5. The Morgan fingerprint density at radius 2 is 0.472 bits per heavy atom. The molecule has 1 N–H and O–H groups in total. The van der Waals surface area contributed by atoms with Crippen molar-refractivity contribution >= 4 is 32.4 Å². The number of rotatable bonds is 12. The minimum absolute atomic E-state index is 0. The van der Waals surface area contributed by atoms with Gasteiger partial charge in [-0.05, 0) is 127 Å². The summed E-state index contributed by atoms with van der Waals surface area (Å²) in [6, 6.07) is 0. The molecule has 220 valence electrons. The molecule has 0 radical (unpaired) electrons. The van der Waals surface area contributed by atoms with Gasteiger partial charge in [0.1, 0.15) is 0 Å². The first-order chi connectivity index (χ1) is 15.6. The monoisotopic (exact) mass is 594 g/mol. The quantitative estimate of drug-likeness (QED) is 0.341. The standard InChI is InChI=1S/C19H55N12OP3.H3P/c1-23(2)33(24(3)4,25(5)6)20-19(32,21-34(26(7)8,27(9)10)28(11)12)22-35(29(13)14,30(15)16)31(17)18;/h32H,1-18H3;1H3. The molecule has 0 aromatic carbocycles. The molecule has 0 saturated carbocycles. The zero-order valence-corrected chi connectivity index (χ0v) is 30.5. The molecule has 0 aliphatic carbocycles. The van der Waals surface area contributed by atoms with E-state index in [2.05, 4.69) is 42.0 Å². The molecule has 0 heterocycles. The minimum atomic E-state index is -2.58. The Hall–Kier alpha value is 0.720. The molecule has 1 unspecified atom stereocenters. The van der Waals surface area contributed by atoms with Gasteiger partial charge in [0.2, 0.25) is 0 Å². The fourth-order valence-corrected chi connectivity index (χ4v) is 14.2. The Morgan fingerprint density at radius 3 is 0.556 bits per heavy atom. The number of aliphatic hydroxyl groups is 1. The molecular weight excluding hydrogens is 536 g/mol. The van der Waals surface area contributed by atoms with Crippen molar-refractivity contribution in [3.63, 3.8) is 0 Å². The average Bonchev–Trinajstić information content (AvgIpc) is 2.66. The normalized spacial score (nSPS) is 14.3. The average molecular weight is 595 g/mol. The van der Waals surface area contributed by atoms with Gasteiger partial charge in [-0.1, -0.05) is 0 Å². The van der Waals surface area contributed by atoms with Gasteiger partial charge in [0.25, 0.3) is 0 Å². The third-order valence-corrected chi connectivity index (χ3v) is 16.9. The summed E-state index contributed by atoms with van der Waals surface area (Å²) in [7, 11) is 28.0. The fraction of sp³-hybridized carbons (Fsp3) is 1.00. The zero-order chi connectivity index (χ0) is 28.3. The van der Waals surface area contributed by atoms with E-state index in [1.165, 1.54) is 0 Å². The molecule has 0 aliphatic heterocycles. The first-order valence-electron chi connectivity index (χ1n) is 11.3. The second kappa shape index (κ2) is 14.4. The summed E-state index contributed by atoms with van der Waals surface area (Å²) in [5, 5.41) is 12.6. The van der Waals surface area contributed by atoms with Gasteiger partial charge in [-0.3, -0.25) is 42.0 Å². The van der Waals surface area contributed by atoms with Gasteiger partial charge in [-0.25, -0.2) is 0 Å². The van der Waals surface area contributed by atoms with Crippen LogP contribution in [0, 0.1) is 0 Å². The van der Waals surface area contributed by atoms with E-state index in [1.54, 1.807) is 0 Å². The molecule has 0 fully saturated rings. The summed E-state index contributed by atoms with van der Waals surface area (Å²) in [6.07, 6.45) is 0. The maximum atomic E-state index is 12.6. The topological polar surface area (TPSA) is 86.5 Å². The summed E-state index contributed by atoms with van der Waals surface area (Å²) in [6.45, 7) is 0. The predicted octanol–water partition coefficient (Wildman–Crippen LogP) is 2.54. The van der Waals surface area contributed by atoms with Crippen molar-refractivity contribution in [3.05, 3.63) is 0 Å². The molecule has 0 bridgehead atoms. The van der Waals surface area contributed by atoms with Crippen LogP contribution < -0.4 is 0 Å². The molecule has 17 heteroatoms. The van der Waals surface area contributed by atoms with E-state index in [0.29, 0.717) is 0 Å². The molecule has 1 atom stereocenters. The summed E-state index contributed by atoms with van der Waals surface area (Å²) in [5.74, 6) is -2.06. The van der Waals surface area contributed by atoms with E-state index in [1.807, 2.05) is 127 Å². The lowest BCUT2D eigenvalue weighted by Gasteiger charge is -2.46. The van der Waals surface area contributed by atoms with Crippen molar-refractivity contribution in [3.8, 4) is 0 Å². The molecule has 36 heavy (non-hydrogen) atoms. The van der Waals surface area contributed by atoms with Crippen LogP contribution in [0.15, 0.2) is 14.2 Å². The van der Waals surface area contributed by atoms with Crippen LogP contribution in [0.2, 0.25) is 0 Å². The van der Waals surface area contributed by atoms with E-state index in [-0.39, 0.29) is 9.90 Å². The maximum absolute atomic E-state index is 12.6. The van der Waals surface area contributed by atoms with Gasteiger partial charge in [-0.15, -0.1) is 0 Å². The summed E-state index contributed by atoms with van der Waals surface area (Å²) >= 11 is 0. The lowest BCUT2D eigenvalue weighted by molar-refractivity contribution is 0.0683. The Morgan fingerprint density at radius 1 is 0.361 bits per heavy atom. The van der Waals surface area contributed by atoms with Crippen LogP contribution in [-0.2, 0) is 0 Å². The van der Waals surface area contributed by atoms with Crippen molar-refractivity contribution in [1.29, 1.82) is 0 Å². The summed E-state index contributed by atoms with van der Waals surface area (Å²) < 4.78 is 34.2. The fourth-order valence-electron chi connectivity index (χ4n) is 4.62. The molecule has 13 nitrogen and oxygen atoms in total. The molecule has 0 aromatic heterocycles. The van der Waals surface area contributed by atoms with Crippen LogP contribution in [0.25, 0.3) is 0 Å². The van der Waals surface area contributed by atoms with Gasteiger partial charge in [0, 0.05) is 0 Å². The molecule has 0 amide bonds. The van der Waals surface area contributed by atoms with Crippen LogP contribution in [-0.4, -0.2) is 180 Å². The van der Waals surface area contributed by atoms with Crippen LogP contribution in [0.5, 0.6) is 0 Å². The highest BCUT2D eigenvalue weighted by Crippen LogP contribution is 2.64. The lowest BCUT2D eigenvalue weighted by Crippen LogP contribution is -2.38. The first-order valence-corrected chi connectivity index (χ1v) is 16.1. The molecule has 0 saturated heterocycles. The molecule has 0 aliphatic rings. The smallest absolute Gasteiger partial charge is 0.332 e. The summed E-state index contributed by atoms with van der Waals surface area (Å²) in [4.78, 5) is 0. The summed E-state index contributed by atoms with van der Waals surface area (Å²) in [5.41, 5.74) is 0. The second-order valence-electron chi connectivity index (χ2n) is 10.1. The van der Waals surface area contributed by atoms with E-state index in [4.69, 9.17) is 14.2 Å². The third kappa shape index (κ3) is 7.47. The highest BCUT2D eigenvalue weighted by molar-refractivity contribution is 7.60. The maximum Gasteiger partial charge on any atom is 0.367 e. The molecule has 0 aromatic rings. The number of nitrogens with zero attached hydrogens (tertiary/aromatic N) is 12. The predicted molar refractivity (Wildman–Crippen MR) is 167 cm³/mol. The largest absolute Gasteiger partial charge is 0.367 e. The van der Waals surface area contributed by atoms with Crippen molar-refractivity contribution in [2.24, 2.45) is 14.2 Å². The van der Waals surface area contributed by atoms with Gasteiger partial charge >= 0.3 is 5.97 Å². The van der Waals surface area contributed by atoms with Crippen molar-refractivity contribution in [2.45, 2.75) is 5.97 Å². The number of hydrogen-bond acceptors (Lipinski definition) is 4. The van der Waals surface area contributed by atoms with E-state index >= 15 is 0 Å². The van der Waals surface area contributed by atoms with Gasteiger partial charge < -0.3 is 5.11 Å². The second-order valence-corrected chi connectivity index (χ2v) is 21.2. The van der Waals surface area contributed by atoms with Crippen molar-refractivity contribution in [1.82, 2.24) is 42.0 Å². The Balaban J connectivity index is 0. The van der Waals surface area contributed by atoms with Crippen LogP contribution in [0.3, 0.4) is 0 Å². The minimum Gasteiger partial charge on any atom is -0.332 e. The number of hydrogen-bond donors (Lipinski definition) is 1.